The van der Waals surface area contributed by atoms with Gasteiger partial charge in [0.2, 0.25) is 5.91 Å². The highest BCUT2D eigenvalue weighted by atomic mass is 32.2. The molecule has 3 aromatic carbocycles. The van der Waals surface area contributed by atoms with E-state index < -0.39 is 17.8 Å². The van der Waals surface area contributed by atoms with Crippen molar-refractivity contribution < 1.29 is 14.0 Å². The predicted molar refractivity (Wildman–Crippen MR) is 124 cm³/mol. The lowest BCUT2D eigenvalue weighted by Crippen LogP contribution is -2.40. The number of hydrogen-bond donors (Lipinski definition) is 2. The third-order valence-corrected chi connectivity index (χ3v) is 5.57. The van der Waals surface area contributed by atoms with E-state index in [9.17, 15) is 14.0 Å². The number of para-hydroxylation sites is 1. The van der Waals surface area contributed by atoms with Crippen molar-refractivity contribution in [3.8, 4) is 17.1 Å². The monoisotopic (exact) mass is 461 g/mol. The van der Waals surface area contributed by atoms with Crippen LogP contribution in [0.4, 0.5) is 9.18 Å². The zero-order valence-electron chi connectivity index (χ0n) is 17.4. The van der Waals surface area contributed by atoms with E-state index in [1.165, 1.54) is 6.07 Å². The molecule has 2 N–H and O–H groups in total. The number of halogens is 1. The third-order valence-electron chi connectivity index (χ3n) is 4.64. The van der Waals surface area contributed by atoms with Crippen LogP contribution in [0.5, 0.6) is 0 Å². The zero-order chi connectivity index (χ0) is 23.0. The van der Waals surface area contributed by atoms with E-state index in [-0.39, 0.29) is 5.75 Å². The molecule has 1 aromatic heterocycles. The number of nitrogens with zero attached hydrogens (tertiary/aromatic N) is 3. The lowest BCUT2D eigenvalue weighted by atomic mass is 10.2. The van der Waals surface area contributed by atoms with Gasteiger partial charge in [-0.05, 0) is 29.8 Å². The van der Waals surface area contributed by atoms with Crippen LogP contribution in [-0.2, 0) is 11.3 Å². The quantitative estimate of drug-likeness (QED) is 0.403. The Bertz CT molecular complexity index is 1250. The molecule has 0 bridgehead atoms. The van der Waals surface area contributed by atoms with E-state index in [4.69, 9.17) is 0 Å². The molecule has 9 heteroatoms. The van der Waals surface area contributed by atoms with E-state index in [1.807, 2.05) is 60.7 Å². The fourth-order valence-corrected chi connectivity index (χ4v) is 3.86. The van der Waals surface area contributed by atoms with Gasteiger partial charge in [0.15, 0.2) is 11.0 Å². The SMILES string of the molecule is O=C(CSc1nnc(-c2ccccc2F)n1-c1ccccc1)NC(=O)NCc1ccccc1. The van der Waals surface area contributed by atoms with E-state index in [2.05, 4.69) is 20.8 Å². The first-order valence-corrected chi connectivity index (χ1v) is 11.1. The first-order valence-electron chi connectivity index (χ1n) is 10.1. The Morgan fingerprint density at radius 1 is 0.879 bits per heavy atom. The standard InChI is InChI=1S/C24H20FN5O2S/c25-20-14-8-7-13-19(20)22-28-29-24(30(22)18-11-5-2-6-12-18)33-16-21(31)27-23(32)26-15-17-9-3-1-4-10-17/h1-14H,15-16H2,(H2,26,27,31,32). The molecular weight excluding hydrogens is 441 g/mol. The summed E-state index contributed by atoms with van der Waals surface area (Å²) in [5.41, 5.74) is 1.95. The second-order valence-electron chi connectivity index (χ2n) is 6.96. The topological polar surface area (TPSA) is 88.9 Å². The fraction of sp³-hybridized carbons (Fsp3) is 0.0833. The van der Waals surface area contributed by atoms with Gasteiger partial charge in [-0.1, -0.05) is 72.4 Å². The first kappa shape index (κ1) is 22.2. The van der Waals surface area contributed by atoms with Gasteiger partial charge in [0.1, 0.15) is 5.82 Å². The van der Waals surface area contributed by atoms with Gasteiger partial charge < -0.3 is 5.32 Å². The molecule has 7 nitrogen and oxygen atoms in total. The molecule has 0 aliphatic carbocycles. The van der Waals surface area contributed by atoms with Crippen molar-refractivity contribution in [3.05, 3.63) is 96.3 Å². The summed E-state index contributed by atoms with van der Waals surface area (Å²) in [6, 6.07) is 24.3. The number of hydrogen-bond acceptors (Lipinski definition) is 5. The maximum atomic E-state index is 14.4. The number of amides is 3. The Morgan fingerprint density at radius 2 is 1.55 bits per heavy atom. The number of rotatable bonds is 7. The van der Waals surface area contributed by atoms with Gasteiger partial charge >= 0.3 is 6.03 Å². The van der Waals surface area contributed by atoms with Gasteiger partial charge in [0.25, 0.3) is 0 Å². The molecule has 4 aromatic rings. The molecule has 0 saturated heterocycles. The molecule has 0 saturated carbocycles. The van der Waals surface area contributed by atoms with Crippen molar-refractivity contribution in [2.45, 2.75) is 11.7 Å². The second kappa shape index (κ2) is 10.6. The number of nitrogens with one attached hydrogen (secondary N) is 2. The van der Waals surface area contributed by atoms with Crippen molar-refractivity contribution in [2.24, 2.45) is 0 Å². The summed E-state index contributed by atoms with van der Waals surface area (Å²) in [6.07, 6.45) is 0. The van der Waals surface area contributed by atoms with Crippen LogP contribution in [-0.4, -0.2) is 32.5 Å². The van der Waals surface area contributed by atoms with E-state index >= 15 is 0 Å². The average molecular weight is 462 g/mol. The number of aromatic nitrogens is 3. The highest BCUT2D eigenvalue weighted by Gasteiger charge is 2.19. The second-order valence-corrected chi connectivity index (χ2v) is 7.90. The van der Waals surface area contributed by atoms with E-state index in [0.29, 0.717) is 23.1 Å². The molecule has 0 spiro atoms. The molecule has 0 radical (unpaired) electrons. The van der Waals surface area contributed by atoms with Gasteiger partial charge in [-0.25, -0.2) is 9.18 Å². The molecule has 0 aliphatic rings. The van der Waals surface area contributed by atoms with Crippen LogP contribution in [0.2, 0.25) is 0 Å². The van der Waals surface area contributed by atoms with Crippen molar-refractivity contribution in [2.75, 3.05) is 5.75 Å². The van der Waals surface area contributed by atoms with Crippen molar-refractivity contribution >= 4 is 23.7 Å². The molecule has 0 aliphatic heterocycles. The van der Waals surface area contributed by atoms with Gasteiger partial charge in [0.05, 0.1) is 11.3 Å². The fourth-order valence-electron chi connectivity index (χ4n) is 3.11. The van der Waals surface area contributed by atoms with Crippen LogP contribution in [0.3, 0.4) is 0 Å². The van der Waals surface area contributed by atoms with E-state index in [1.54, 1.807) is 22.8 Å². The number of carbonyl (C=O) groups is 2. The minimum atomic E-state index is -0.582. The Kier molecular flexibility index (Phi) is 7.11. The maximum absolute atomic E-state index is 14.4. The normalized spacial score (nSPS) is 10.6. The zero-order valence-corrected chi connectivity index (χ0v) is 18.3. The van der Waals surface area contributed by atoms with Gasteiger partial charge in [-0.3, -0.25) is 14.7 Å². The lowest BCUT2D eigenvalue weighted by Gasteiger charge is -2.11. The summed E-state index contributed by atoms with van der Waals surface area (Å²) in [5.74, 6) is -0.657. The highest BCUT2D eigenvalue weighted by Crippen LogP contribution is 2.29. The molecule has 1 heterocycles. The molecule has 166 valence electrons. The highest BCUT2D eigenvalue weighted by molar-refractivity contribution is 7.99. The molecule has 0 atom stereocenters. The summed E-state index contributed by atoms with van der Waals surface area (Å²) >= 11 is 1.10. The number of carbonyl (C=O) groups excluding carboxylic acids is 2. The smallest absolute Gasteiger partial charge is 0.321 e. The largest absolute Gasteiger partial charge is 0.334 e. The van der Waals surface area contributed by atoms with Crippen LogP contribution in [0.1, 0.15) is 5.56 Å². The Hall–Kier alpha value is -3.98. The first-order chi connectivity index (χ1) is 16.1. The number of urea groups is 1. The number of imide groups is 1. The maximum Gasteiger partial charge on any atom is 0.321 e. The summed E-state index contributed by atoms with van der Waals surface area (Å²) in [7, 11) is 0. The average Bonchev–Trinajstić information content (AvgIpc) is 3.26. The minimum Gasteiger partial charge on any atom is -0.334 e. The predicted octanol–water partition coefficient (Wildman–Crippen LogP) is 4.19. The third kappa shape index (κ3) is 5.64. The van der Waals surface area contributed by atoms with Gasteiger partial charge in [-0.15, -0.1) is 10.2 Å². The Balaban J connectivity index is 1.45. The molecule has 0 unspecified atom stereocenters. The molecule has 4 rings (SSSR count). The van der Waals surface area contributed by atoms with Crippen molar-refractivity contribution in [1.29, 1.82) is 0 Å². The van der Waals surface area contributed by atoms with Gasteiger partial charge in [-0.2, -0.15) is 0 Å². The Morgan fingerprint density at radius 3 is 2.27 bits per heavy atom. The van der Waals surface area contributed by atoms with Crippen LogP contribution >= 0.6 is 11.8 Å². The summed E-state index contributed by atoms with van der Waals surface area (Å²) in [4.78, 5) is 24.3. The minimum absolute atomic E-state index is 0.0685. The van der Waals surface area contributed by atoms with Crippen LogP contribution in [0.15, 0.2) is 90.1 Å². The van der Waals surface area contributed by atoms with Crippen LogP contribution in [0.25, 0.3) is 17.1 Å². The Labute approximate surface area is 194 Å². The summed E-state index contributed by atoms with van der Waals surface area (Å²) < 4.78 is 16.1. The van der Waals surface area contributed by atoms with Crippen molar-refractivity contribution in [3.63, 3.8) is 0 Å². The van der Waals surface area contributed by atoms with Crippen LogP contribution in [0, 0.1) is 5.82 Å². The molecule has 3 amide bonds. The number of benzene rings is 3. The summed E-state index contributed by atoms with van der Waals surface area (Å²) in [6.45, 7) is 0.307. The van der Waals surface area contributed by atoms with E-state index in [0.717, 1.165) is 23.0 Å². The molecular formula is C24H20FN5O2S. The summed E-state index contributed by atoms with van der Waals surface area (Å²) in [5, 5.41) is 13.7. The molecule has 0 fully saturated rings. The van der Waals surface area contributed by atoms with Crippen LogP contribution < -0.4 is 10.6 Å². The number of thioether (sulfide) groups is 1. The lowest BCUT2D eigenvalue weighted by molar-refractivity contribution is -0.117. The van der Waals surface area contributed by atoms with Gasteiger partial charge in [0, 0.05) is 12.2 Å². The van der Waals surface area contributed by atoms with Crippen molar-refractivity contribution in [1.82, 2.24) is 25.4 Å². The molecule has 33 heavy (non-hydrogen) atoms.